The second kappa shape index (κ2) is 6.58. The Morgan fingerprint density at radius 3 is 2.32 bits per heavy atom. The fourth-order valence-electron chi connectivity index (χ4n) is 2.57. The molecule has 1 N–H and O–H groups in total. The quantitative estimate of drug-likeness (QED) is 0.780. The van der Waals surface area contributed by atoms with Crippen LogP contribution in [0.4, 0.5) is 0 Å². The van der Waals surface area contributed by atoms with E-state index in [9.17, 15) is 0 Å². The van der Waals surface area contributed by atoms with Gasteiger partial charge in [-0.25, -0.2) is 4.98 Å². The van der Waals surface area contributed by atoms with Crippen molar-refractivity contribution in [2.24, 2.45) is 0 Å². The van der Waals surface area contributed by atoms with Gasteiger partial charge in [-0.05, 0) is 37.2 Å². The van der Waals surface area contributed by atoms with Gasteiger partial charge in [0.1, 0.15) is 5.82 Å². The molecule has 0 aliphatic heterocycles. The van der Waals surface area contributed by atoms with E-state index in [2.05, 4.69) is 70.3 Å². The van der Waals surface area contributed by atoms with E-state index in [-0.39, 0.29) is 0 Å². The lowest BCUT2D eigenvalue weighted by molar-refractivity contribution is 0.816. The molecule has 0 aliphatic carbocycles. The molecule has 2 aromatic carbocycles. The van der Waals surface area contributed by atoms with E-state index in [4.69, 9.17) is 0 Å². The minimum atomic E-state index is 0.834. The first-order chi connectivity index (χ1) is 10.8. The molecule has 3 aromatic rings. The third-order valence-corrected chi connectivity index (χ3v) is 3.80. The molecular formula is C19H21N3. The number of benzene rings is 2. The van der Waals surface area contributed by atoms with Crippen LogP contribution in [-0.2, 0) is 13.0 Å². The molecule has 1 heterocycles. The zero-order valence-electron chi connectivity index (χ0n) is 13.1. The molecule has 0 radical (unpaired) electrons. The van der Waals surface area contributed by atoms with Gasteiger partial charge in [-0.1, -0.05) is 42.0 Å². The maximum atomic E-state index is 4.52. The highest BCUT2D eigenvalue weighted by Gasteiger charge is 2.06. The van der Waals surface area contributed by atoms with Gasteiger partial charge >= 0.3 is 0 Å². The minimum absolute atomic E-state index is 0.834. The van der Waals surface area contributed by atoms with Gasteiger partial charge in [-0.15, -0.1) is 0 Å². The molecule has 0 aliphatic rings. The summed E-state index contributed by atoms with van der Waals surface area (Å²) in [4.78, 5) is 4.52. The summed E-state index contributed by atoms with van der Waals surface area (Å²) in [6.45, 7) is 3.00. The number of nitrogens with one attached hydrogen (secondary N) is 1. The predicted octanol–water partition coefficient (Wildman–Crippen LogP) is 3.49. The van der Waals surface area contributed by atoms with Gasteiger partial charge in [0, 0.05) is 31.0 Å². The van der Waals surface area contributed by atoms with E-state index in [1.54, 1.807) is 0 Å². The standard InChI is InChI=1S/C19H21N3/c1-15-3-9-18(10-4-15)22-12-11-21-19(22)13-16-5-7-17(8-6-16)14-20-2/h3-12,20H,13-14H2,1-2H3. The first kappa shape index (κ1) is 14.5. The molecule has 0 bridgehead atoms. The first-order valence-electron chi connectivity index (χ1n) is 7.58. The van der Waals surface area contributed by atoms with Crippen LogP contribution in [0.15, 0.2) is 60.9 Å². The zero-order valence-corrected chi connectivity index (χ0v) is 13.1. The Labute approximate surface area is 131 Å². The van der Waals surface area contributed by atoms with Crippen LogP contribution in [0.25, 0.3) is 5.69 Å². The molecule has 3 heteroatoms. The van der Waals surface area contributed by atoms with Crippen LogP contribution in [0.5, 0.6) is 0 Å². The van der Waals surface area contributed by atoms with Gasteiger partial charge in [0.25, 0.3) is 0 Å². The third-order valence-electron chi connectivity index (χ3n) is 3.80. The third kappa shape index (κ3) is 3.26. The number of aromatic nitrogens is 2. The second-order valence-electron chi connectivity index (χ2n) is 5.57. The monoisotopic (exact) mass is 291 g/mol. The van der Waals surface area contributed by atoms with E-state index in [0.717, 1.165) is 24.5 Å². The molecule has 0 unspecified atom stereocenters. The second-order valence-corrected chi connectivity index (χ2v) is 5.57. The van der Waals surface area contributed by atoms with Gasteiger partial charge in [0.2, 0.25) is 0 Å². The highest BCUT2D eigenvalue weighted by Crippen LogP contribution is 2.15. The van der Waals surface area contributed by atoms with Crippen LogP contribution in [0.3, 0.4) is 0 Å². The lowest BCUT2D eigenvalue weighted by Crippen LogP contribution is -2.05. The maximum absolute atomic E-state index is 4.52. The maximum Gasteiger partial charge on any atom is 0.117 e. The molecule has 0 fully saturated rings. The molecular weight excluding hydrogens is 270 g/mol. The number of hydrogen-bond donors (Lipinski definition) is 1. The van der Waals surface area contributed by atoms with Crippen LogP contribution in [-0.4, -0.2) is 16.6 Å². The SMILES string of the molecule is CNCc1ccc(Cc2nccn2-c2ccc(C)cc2)cc1. The summed E-state index contributed by atoms with van der Waals surface area (Å²) in [7, 11) is 1.96. The fraction of sp³-hybridized carbons (Fsp3) is 0.211. The molecule has 22 heavy (non-hydrogen) atoms. The van der Waals surface area contributed by atoms with E-state index in [0.29, 0.717) is 0 Å². The van der Waals surface area contributed by atoms with Crippen LogP contribution in [0.2, 0.25) is 0 Å². The van der Waals surface area contributed by atoms with Crippen molar-refractivity contribution in [2.45, 2.75) is 19.9 Å². The summed E-state index contributed by atoms with van der Waals surface area (Å²) >= 11 is 0. The van der Waals surface area contributed by atoms with Crippen molar-refractivity contribution in [1.82, 2.24) is 14.9 Å². The van der Waals surface area contributed by atoms with Crippen LogP contribution >= 0.6 is 0 Å². The van der Waals surface area contributed by atoms with Gasteiger partial charge in [0.15, 0.2) is 0 Å². The number of rotatable bonds is 5. The molecule has 112 valence electrons. The Bertz CT molecular complexity index is 724. The lowest BCUT2D eigenvalue weighted by Gasteiger charge is -2.09. The van der Waals surface area contributed by atoms with Gasteiger partial charge < -0.3 is 9.88 Å². The van der Waals surface area contributed by atoms with Crippen molar-refractivity contribution in [1.29, 1.82) is 0 Å². The summed E-state index contributed by atoms with van der Waals surface area (Å²) in [5, 5.41) is 3.17. The molecule has 0 saturated heterocycles. The van der Waals surface area contributed by atoms with E-state index >= 15 is 0 Å². The fourth-order valence-corrected chi connectivity index (χ4v) is 2.57. The Morgan fingerprint density at radius 2 is 1.64 bits per heavy atom. The number of hydrogen-bond acceptors (Lipinski definition) is 2. The van der Waals surface area contributed by atoms with Gasteiger partial charge in [0.05, 0.1) is 0 Å². The smallest absolute Gasteiger partial charge is 0.117 e. The first-order valence-corrected chi connectivity index (χ1v) is 7.58. The van der Waals surface area contributed by atoms with Crippen LogP contribution in [0.1, 0.15) is 22.5 Å². The van der Waals surface area contributed by atoms with Crippen molar-refractivity contribution in [3.05, 3.63) is 83.4 Å². The number of imidazole rings is 1. The van der Waals surface area contributed by atoms with E-state index < -0.39 is 0 Å². The van der Waals surface area contributed by atoms with Crippen molar-refractivity contribution in [3.8, 4) is 5.69 Å². The Hall–Kier alpha value is -2.39. The Kier molecular flexibility index (Phi) is 4.35. The molecule has 0 atom stereocenters. The van der Waals surface area contributed by atoms with Gasteiger partial charge in [-0.3, -0.25) is 0 Å². The van der Waals surface area contributed by atoms with Crippen molar-refractivity contribution in [3.63, 3.8) is 0 Å². The topological polar surface area (TPSA) is 29.9 Å². The predicted molar refractivity (Wildman–Crippen MR) is 90.3 cm³/mol. The molecule has 0 saturated carbocycles. The summed E-state index contributed by atoms with van der Waals surface area (Å²) < 4.78 is 2.15. The summed E-state index contributed by atoms with van der Waals surface area (Å²) in [5.74, 6) is 1.06. The molecule has 3 nitrogen and oxygen atoms in total. The van der Waals surface area contributed by atoms with Crippen LogP contribution < -0.4 is 5.32 Å². The lowest BCUT2D eigenvalue weighted by atomic mass is 10.1. The van der Waals surface area contributed by atoms with E-state index in [1.165, 1.54) is 16.7 Å². The number of aryl methyl sites for hydroxylation is 1. The average Bonchev–Trinajstić information content (AvgIpc) is 2.98. The number of nitrogens with zero attached hydrogens (tertiary/aromatic N) is 2. The summed E-state index contributed by atoms with van der Waals surface area (Å²) in [6, 6.07) is 17.2. The highest BCUT2D eigenvalue weighted by molar-refractivity contribution is 5.36. The largest absolute Gasteiger partial charge is 0.316 e. The summed E-state index contributed by atoms with van der Waals surface area (Å²) in [6.07, 6.45) is 4.72. The Balaban J connectivity index is 1.81. The Morgan fingerprint density at radius 1 is 0.955 bits per heavy atom. The average molecular weight is 291 g/mol. The normalized spacial score (nSPS) is 10.8. The van der Waals surface area contributed by atoms with Crippen molar-refractivity contribution < 1.29 is 0 Å². The van der Waals surface area contributed by atoms with Gasteiger partial charge in [-0.2, -0.15) is 0 Å². The van der Waals surface area contributed by atoms with Crippen LogP contribution in [0, 0.1) is 6.92 Å². The summed E-state index contributed by atoms with van der Waals surface area (Å²) in [5.41, 5.74) is 5.00. The van der Waals surface area contributed by atoms with Crippen molar-refractivity contribution in [2.75, 3.05) is 7.05 Å². The highest BCUT2D eigenvalue weighted by atomic mass is 15.1. The molecule has 0 spiro atoms. The molecule has 0 amide bonds. The zero-order chi connectivity index (χ0) is 15.4. The molecule has 3 rings (SSSR count). The van der Waals surface area contributed by atoms with E-state index in [1.807, 2.05) is 19.4 Å². The molecule has 1 aromatic heterocycles. The minimum Gasteiger partial charge on any atom is -0.316 e. The van der Waals surface area contributed by atoms with Crippen molar-refractivity contribution >= 4 is 0 Å².